The van der Waals surface area contributed by atoms with E-state index in [4.69, 9.17) is 9.15 Å². The van der Waals surface area contributed by atoms with Crippen LogP contribution >= 0.6 is 0 Å². The Kier molecular flexibility index (Phi) is 4.76. The van der Waals surface area contributed by atoms with Crippen LogP contribution in [0.1, 0.15) is 32.1 Å². The summed E-state index contributed by atoms with van der Waals surface area (Å²) in [6.45, 7) is 0. The summed E-state index contributed by atoms with van der Waals surface area (Å²) < 4.78 is 10.7. The molecule has 3 rings (SSSR count). The van der Waals surface area contributed by atoms with Crippen molar-refractivity contribution in [2.45, 2.75) is 32.1 Å². The third-order valence-corrected chi connectivity index (χ3v) is 3.96. The molecule has 0 atom stereocenters. The maximum atomic E-state index is 12.2. The topological polar surface area (TPSA) is 64.4 Å². The van der Waals surface area contributed by atoms with E-state index in [-0.39, 0.29) is 5.91 Å². The number of carbonyl (C=O) groups is 1. The summed E-state index contributed by atoms with van der Waals surface area (Å²) in [7, 11) is 1.59. The van der Waals surface area contributed by atoms with Crippen molar-refractivity contribution < 1.29 is 13.9 Å². The summed E-state index contributed by atoms with van der Waals surface area (Å²) in [6, 6.07) is 5.49. The van der Waals surface area contributed by atoms with Crippen molar-refractivity contribution in [1.82, 2.24) is 4.98 Å². The fourth-order valence-electron chi connectivity index (χ4n) is 2.80. The Morgan fingerprint density at radius 3 is 3.00 bits per heavy atom. The molecule has 1 heterocycles. The number of ether oxygens (including phenoxy) is 1. The number of nitrogens with zero attached hydrogens (tertiary/aromatic N) is 1. The minimum absolute atomic E-state index is 0.00705. The SMILES string of the molecule is COc1cc(NC(=O)CC2=CCCCC2)ccc1-c1cnco1. The number of allylic oxidation sites excluding steroid dienone is 1. The van der Waals surface area contributed by atoms with Gasteiger partial charge < -0.3 is 14.5 Å². The highest BCUT2D eigenvalue weighted by molar-refractivity contribution is 5.93. The highest BCUT2D eigenvalue weighted by Gasteiger charge is 2.13. The summed E-state index contributed by atoms with van der Waals surface area (Å²) in [6.07, 6.45) is 10.2. The van der Waals surface area contributed by atoms with Crippen molar-refractivity contribution in [3.05, 3.63) is 42.4 Å². The molecule has 5 nitrogen and oxygen atoms in total. The summed E-state index contributed by atoms with van der Waals surface area (Å²) in [5.41, 5.74) is 2.75. The molecular formula is C18H20N2O3. The van der Waals surface area contributed by atoms with E-state index in [1.54, 1.807) is 19.4 Å². The van der Waals surface area contributed by atoms with E-state index in [2.05, 4.69) is 16.4 Å². The molecule has 0 fully saturated rings. The second kappa shape index (κ2) is 7.13. The van der Waals surface area contributed by atoms with Crippen molar-refractivity contribution in [2.24, 2.45) is 0 Å². The number of carbonyl (C=O) groups excluding carboxylic acids is 1. The zero-order valence-electron chi connectivity index (χ0n) is 13.2. The minimum atomic E-state index is 0.00705. The van der Waals surface area contributed by atoms with Gasteiger partial charge in [-0.15, -0.1) is 0 Å². The molecule has 0 bridgehead atoms. The molecule has 120 valence electrons. The molecule has 0 saturated carbocycles. The molecule has 5 heteroatoms. The Morgan fingerprint density at radius 2 is 2.30 bits per heavy atom. The Bertz CT molecular complexity index is 705. The molecule has 0 saturated heterocycles. The van der Waals surface area contributed by atoms with Crippen molar-refractivity contribution in [3.8, 4) is 17.1 Å². The predicted molar refractivity (Wildman–Crippen MR) is 88.3 cm³/mol. The van der Waals surface area contributed by atoms with Gasteiger partial charge in [-0.1, -0.05) is 11.6 Å². The lowest BCUT2D eigenvalue weighted by Crippen LogP contribution is -2.13. The van der Waals surface area contributed by atoms with Crippen LogP contribution in [0.25, 0.3) is 11.3 Å². The normalized spacial score (nSPS) is 14.2. The van der Waals surface area contributed by atoms with Crippen LogP contribution in [0, 0.1) is 0 Å². The number of nitrogens with one attached hydrogen (secondary N) is 1. The highest BCUT2D eigenvalue weighted by atomic mass is 16.5. The average molecular weight is 312 g/mol. The number of aromatic nitrogens is 1. The van der Waals surface area contributed by atoms with Crippen LogP contribution in [-0.2, 0) is 4.79 Å². The number of hydrogen-bond acceptors (Lipinski definition) is 4. The van der Waals surface area contributed by atoms with E-state index < -0.39 is 0 Å². The van der Waals surface area contributed by atoms with E-state index in [0.29, 0.717) is 23.6 Å². The quantitative estimate of drug-likeness (QED) is 0.841. The number of oxazole rings is 1. The Balaban J connectivity index is 1.70. The van der Waals surface area contributed by atoms with Gasteiger partial charge in [0.25, 0.3) is 0 Å². The largest absolute Gasteiger partial charge is 0.496 e. The second-order valence-corrected chi connectivity index (χ2v) is 5.61. The molecule has 1 aromatic heterocycles. The van der Waals surface area contributed by atoms with Gasteiger partial charge in [-0.05, 0) is 37.8 Å². The lowest BCUT2D eigenvalue weighted by Gasteiger charge is -2.13. The van der Waals surface area contributed by atoms with Gasteiger partial charge in [0.15, 0.2) is 12.2 Å². The molecule has 2 aromatic rings. The van der Waals surface area contributed by atoms with Gasteiger partial charge in [-0.2, -0.15) is 0 Å². The molecule has 0 unspecified atom stereocenters. The first-order valence-corrected chi connectivity index (χ1v) is 7.81. The molecule has 23 heavy (non-hydrogen) atoms. The number of rotatable bonds is 5. The molecule has 0 radical (unpaired) electrons. The number of benzene rings is 1. The summed E-state index contributed by atoms with van der Waals surface area (Å²) in [5.74, 6) is 1.27. The Hall–Kier alpha value is -2.56. The fraction of sp³-hybridized carbons (Fsp3) is 0.333. The molecule has 1 aliphatic rings. The van der Waals surface area contributed by atoms with Crippen LogP contribution in [0.15, 0.2) is 46.9 Å². The number of methoxy groups -OCH3 is 1. The molecular weight excluding hydrogens is 292 g/mol. The van der Waals surface area contributed by atoms with Crippen LogP contribution < -0.4 is 10.1 Å². The molecule has 1 aromatic carbocycles. The third kappa shape index (κ3) is 3.80. The highest BCUT2D eigenvalue weighted by Crippen LogP contribution is 2.32. The first-order chi connectivity index (χ1) is 11.3. The van der Waals surface area contributed by atoms with Gasteiger partial charge >= 0.3 is 0 Å². The lowest BCUT2D eigenvalue weighted by atomic mass is 9.97. The van der Waals surface area contributed by atoms with Gasteiger partial charge in [-0.3, -0.25) is 4.79 Å². The fourth-order valence-corrected chi connectivity index (χ4v) is 2.80. The maximum absolute atomic E-state index is 12.2. The smallest absolute Gasteiger partial charge is 0.228 e. The number of amides is 1. The van der Waals surface area contributed by atoms with Crippen molar-refractivity contribution in [3.63, 3.8) is 0 Å². The van der Waals surface area contributed by atoms with E-state index >= 15 is 0 Å². The first kappa shape index (κ1) is 15.3. The van der Waals surface area contributed by atoms with Gasteiger partial charge in [0.05, 0.1) is 18.9 Å². The van der Waals surface area contributed by atoms with E-state index in [1.165, 1.54) is 24.8 Å². The average Bonchev–Trinajstić information content (AvgIpc) is 3.10. The van der Waals surface area contributed by atoms with Gasteiger partial charge in [0, 0.05) is 18.2 Å². The standard InChI is InChI=1S/C18H20N2O3/c1-22-16-10-14(7-8-15(16)17-11-19-12-23-17)20-18(21)9-13-5-3-2-4-6-13/h5,7-8,10-12H,2-4,6,9H2,1H3,(H,20,21). The van der Waals surface area contributed by atoms with E-state index in [9.17, 15) is 4.79 Å². The van der Waals surface area contributed by atoms with Crippen molar-refractivity contribution in [2.75, 3.05) is 12.4 Å². The van der Waals surface area contributed by atoms with Crippen LogP contribution in [0.3, 0.4) is 0 Å². The third-order valence-electron chi connectivity index (χ3n) is 3.96. The van der Waals surface area contributed by atoms with E-state index in [0.717, 1.165) is 18.4 Å². The Labute approximate surface area is 135 Å². The molecule has 1 N–H and O–H groups in total. The summed E-state index contributed by atoms with van der Waals surface area (Å²) >= 11 is 0. The zero-order valence-corrected chi connectivity index (χ0v) is 13.2. The summed E-state index contributed by atoms with van der Waals surface area (Å²) in [4.78, 5) is 16.1. The van der Waals surface area contributed by atoms with Gasteiger partial charge in [0.1, 0.15) is 5.75 Å². The second-order valence-electron chi connectivity index (χ2n) is 5.61. The first-order valence-electron chi connectivity index (χ1n) is 7.81. The zero-order chi connectivity index (χ0) is 16.1. The molecule has 0 spiro atoms. The van der Waals surface area contributed by atoms with Gasteiger partial charge in [-0.25, -0.2) is 4.98 Å². The van der Waals surface area contributed by atoms with Crippen LogP contribution in [0.5, 0.6) is 5.75 Å². The summed E-state index contributed by atoms with van der Waals surface area (Å²) in [5, 5.41) is 2.93. The van der Waals surface area contributed by atoms with Crippen LogP contribution in [-0.4, -0.2) is 18.0 Å². The number of anilines is 1. The van der Waals surface area contributed by atoms with Crippen molar-refractivity contribution in [1.29, 1.82) is 0 Å². The minimum Gasteiger partial charge on any atom is -0.496 e. The molecule has 1 amide bonds. The monoisotopic (exact) mass is 312 g/mol. The van der Waals surface area contributed by atoms with E-state index in [1.807, 2.05) is 12.1 Å². The molecule has 0 aliphatic heterocycles. The Morgan fingerprint density at radius 1 is 1.39 bits per heavy atom. The van der Waals surface area contributed by atoms with Gasteiger partial charge in [0.2, 0.25) is 5.91 Å². The van der Waals surface area contributed by atoms with Crippen LogP contribution in [0.2, 0.25) is 0 Å². The van der Waals surface area contributed by atoms with Crippen LogP contribution in [0.4, 0.5) is 5.69 Å². The number of hydrogen-bond donors (Lipinski definition) is 1. The predicted octanol–water partition coefficient (Wildman–Crippen LogP) is 4.18. The molecule has 1 aliphatic carbocycles. The van der Waals surface area contributed by atoms with Crippen molar-refractivity contribution >= 4 is 11.6 Å². The maximum Gasteiger partial charge on any atom is 0.228 e. The lowest BCUT2D eigenvalue weighted by molar-refractivity contribution is -0.115.